The Morgan fingerprint density at radius 2 is 0.625 bits per heavy atom. The Bertz CT molecular complexity index is 1800. The summed E-state index contributed by atoms with van der Waals surface area (Å²) >= 11 is 3.02. The van der Waals surface area contributed by atoms with E-state index in [9.17, 15) is 19.2 Å². The maximum atomic E-state index is 13.1. The van der Waals surface area contributed by atoms with Crippen molar-refractivity contribution in [1.29, 1.82) is 0 Å². The first-order valence-corrected chi connectivity index (χ1v) is 14.2. The van der Waals surface area contributed by atoms with Gasteiger partial charge in [0, 0.05) is 64.1 Å². The number of hydrogen-bond donors (Lipinski definition) is 0. The molecule has 0 aromatic heterocycles. The van der Waals surface area contributed by atoms with Crippen molar-refractivity contribution in [2.45, 2.75) is 19.6 Å². The smallest absolute Gasteiger partial charge is 0.194 e. The summed E-state index contributed by atoms with van der Waals surface area (Å²) in [6.07, 6.45) is 0. The maximum Gasteiger partial charge on any atom is 0.194 e. The van der Waals surface area contributed by atoms with Gasteiger partial charge in [-0.3, -0.25) is 19.2 Å². The third-order valence-electron chi connectivity index (χ3n) is 7.07. The third-order valence-corrected chi connectivity index (χ3v) is 9.03. The first-order chi connectivity index (χ1) is 19.5. The summed E-state index contributed by atoms with van der Waals surface area (Å²) < 4.78 is 0. The summed E-state index contributed by atoms with van der Waals surface area (Å²) in [6.45, 7) is 0. The molecule has 0 unspecified atom stereocenters. The van der Waals surface area contributed by atoms with Crippen molar-refractivity contribution >= 4 is 46.7 Å². The molecule has 0 N–H and O–H groups in total. The number of fused-ring (bicyclic) bond motifs is 4. The summed E-state index contributed by atoms with van der Waals surface area (Å²) in [5.74, 6) is -0.539. The Kier molecular flexibility index (Phi) is 5.88. The van der Waals surface area contributed by atoms with Gasteiger partial charge in [0.1, 0.15) is 0 Å². The van der Waals surface area contributed by atoms with Gasteiger partial charge in [-0.15, -0.1) is 0 Å². The Morgan fingerprint density at radius 3 is 1.02 bits per heavy atom. The second kappa shape index (κ2) is 9.59. The normalized spacial score (nSPS) is 13.4. The number of rotatable bonds is 4. The molecule has 4 nitrogen and oxygen atoms in total. The second-order valence-electron chi connectivity index (χ2n) is 9.50. The number of benzene rings is 5. The highest BCUT2D eigenvalue weighted by Gasteiger charge is 2.30. The van der Waals surface area contributed by atoms with Gasteiger partial charge in [0.15, 0.2) is 23.1 Å². The first-order valence-electron chi connectivity index (χ1n) is 12.6. The molecule has 0 aliphatic heterocycles. The van der Waals surface area contributed by atoms with Crippen LogP contribution in [0.1, 0.15) is 63.7 Å². The zero-order valence-corrected chi connectivity index (χ0v) is 22.5. The van der Waals surface area contributed by atoms with Crippen LogP contribution in [-0.4, -0.2) is 23.1 Å². The van der Waals surface area contributed by atoms with Gasteiger partial charge in [0.25, 0.3) is 0 Å². The van der Waals surface area contributed by atoms with E-state index in [0.717, 1.165) is 19.6 Å². The van der Waals surface area contributed by atoms with Crippen LogP contribution in [0.3, 0.4) is 0 Å². The van der Waals surface area contributed by atoms with E-state index in [-0.39, 0.29) is 23.1 Å². The highest BCUT2D eigenvalue weighted by atomic mass is 32.2. The first kappa shape index (κ1) is 24.5. The summed E-state index contributed by atoms with van der Waals surface area (Å²) in [4.78, 5) is 55.8. The Labute approximate surface area is 238 Å². The summed E-state index contributed by atoms with van der Waals surface area (Å²) in [5, 5.41) is 0. The fraction of sp³-hybridized carbons (Fsp3) is 0. The lowest BCUT2D eigenvalue weighted by molar-refractivity contribution is 0.0979. The van der Waals surface area contributed by atoms with Crippen LogP contribution in [0, 0.1) is 0 Å². The molecule has 0 atom stereocenters. The summed E-state index contributed by atoms with van der Waals surface area (Å²) in [7, 11) is 0. The number of ketones is 4. The maximum absolute atomic E-state index is 13.1. The highest BCUT2D eigenvalue weighted by molar-refractivity contribution is 8.00. The van der Waals surface area contributed by atoms with Crippen molar-refractivity contribution in [3.05, 3.63) is 154 Å². The van der Waals surface area contributed by atoms with Crippen LogP contribution in [0.5, 0.6) is 0 Å². The van der Waals surface area contributed by atoms with Crippen molar-refractivity contribution in [3.63, 3.8) is 0 Å². The average molecular weight is 555 g/mol. The molecule has 0 saturated heterocycles. The van der Waals surface area contributed by atoms with E-state index < -0.39 is 0 Å². The second-order valence-corrected chi connectivity index (χ2v) is 11.8. The van der Waals surface area contributed by atoms with Gasteiger partial charge in [-0.1, -0.05) is 78.1 Å². The Morgan fingerprint density at radius 1 is 0.300 bits per heavy atom. The molecule has 0 fully saturated rings. The van der Waals surface area contributed by atoms with E-state index in [1.54, 1.807) is 72.8 Å². The van der Waals surface area contributed by atoms with E-state index in [4.69, 9.17) is 0 Å². The van der Waals surface area contributed by atoms with E-state index in [0.29, 0.717) is 44.5 Å². The molecule has 40 heavy (non-hydrogen) atoms. The molecule has 0 bridgehead atoms. The summed E-state index contributed by atoms with van der Waals surface area (Å²) in [5.41, 5.74) is 3.48. The fourth-order valence-electron chi connectivity index (χ4n) is 5.16. The van der Waals surface area contributed by atoms with Crippen molar-refractivity contribution in [3.8, 4) is 0 Å². The van der Waals surface area contributed by atoms with Gasteiger partial charge >= 0.3 is 0 Å². The molecular weight excluding hydrogens is 537 g/mol. The number of carbonyl (C=O) groups is 4. The van der Waals surface area contributed by atoms with Gasteiger partial charge < -0.3 is 0 Å². The zero-order valence-electron chi connectivity index (χ0n) is 20.8. The lowest BCUT2D eigenvalue weighted by Gasteiger charge is -2.18. The minimum absolute atomic E-state index is 0.131. The Balaban J connectivity index is 1.14. The van der Waals surface area contributed by atoms with Crippen LogP contribution in [0.15, 0.2) is 129 Å². The van der Waals surface area contributed by atoms with E-state index in [1.807, 2.05) is 36.4 Å². The van der Waals surface area contributed by atoms with Gasteiger partial charge in [-0.2, -0.15) is 0 Å². The van der Waals surface area contributed by atoms with Gasteiger partial charge in [0.2, 0.25) is 0 Å². The van der Waals surface area contributed by atoms with Crippen LogP contribution in [0.2, 0.25) is 0 Å². The molecule has 0 heterocycles. The lowest BCUT2D eigenvalue weighted by atomic mass is 9.84. The molecule has 0 spiro atoms. The van der Waals surface area contributed by atoms with Crippen LogP contribution in [0.25, 0.3) is 0 Å². The highest BCUT2D eigenvalue weighted by Crippen LogP contribution is 2.37. The number of carbonyl (C=O) groups excluding carboxylic acids is 4. The predicted octanol–water partition coefficient (Wildman–Crippen LogP) is 7.54. The molecular formula is C34H18O4S2. The van der Waals surface area contributed by atoms with Gasteiger partial charge in [-0.25, -0.2) is 0 Å². The molecule has 2 aliphatic rings. The molecule has 5 aromatic rings. The van der Waals surface area contributed by atoms with E-state index in [2.05, 4.69) is 0 Å². The van der Waals surface area contributed by atoms with Gasteiger partial charge in [-0.05, 0) is 54.6 Å². The monoisotopic (exact) mass is 554 g/mol. The minimum atomic E-state index is -0.139. The van der Waals surface area contributed by atoms with Gasteiger partial charge in [0.05, 0.1) is 0 Å². The molecule has 0 amide bonds. The van der Waals surface area contributed by atoms with Crippen LogP contribution in [0.4, 0.5) is 0 Å². The van der Waals surface area contributed by atoms with Crippen LogP contribution >= 0.6 is 23.5 Å². The average Bonchev–Trinajstić information content (AvgIpc) is 2.99. The van der Waals surface area contributed by atoms with E-state index in [1.165, 1.54) is 23.5 Å². The molecule has 7 rings (SSSR count). The summed E-state index contributed by atoms with van der Waals surface area (Å²) in [6, 6.07) is 32.6. The lowest BCUT2D eigenvalue weighted by Crippen LogP contribution is -2.20. The van der Waals surface area contributed by atoms with Crippen molar-refractivity contribution in [2.24, 2.45) is 0 Å². The third kappa shape index (κ3) is 4.04. The molecule has 190 valence electrons. The molecule has 2 aliphatic carbocycles. The topological polar surface area (TPSA) is 68.3 Å². The quantitative estimate of drug-likeness (QED) is 0.224. The molecule has 6 heteroatoms. The predicted molar refractivity (Wildman–Crippen MR) is 154 cm³/mol. The minimum Gasteiger partial charge on any atom is -0.289 e. The van der Waals surface area contributed by atoms with Crippen LogP contribution in [-0.2, 0) is 0 Å². The standard InChI is InChI=1S/C34H18O4S2/c35-31-23-8-1-3-10-25(23)33(37)29-17-21(12-14-27(29)31)39-19-6-5-7-20(16-19)40-22-13-15-28-30(18-22)34(38)26-11-4-2-9-24(26)32(28)36/h1-18H. The molecule has 5 aromatic carbocycles. The van der Waals surface area contributed by atoms with Crippen molar-refractivity contribution in [2.75, 3.05) is 0 Å². The number of hydrogen-bond acceptors (Lipinski definition) is 6. The fourth-order valence-corrected chi connectivity index (χ4v) is 7.07. The van der Waals surface area contributed by atoms with E-state index >= 15 is 0 Å². The Hall–Kier alpha value is -4.52. The van der Waals surface area contributed by atoms with Crippen LogP contribution < -0.4 is 0 Å². The largest absolute Gasteiger partial charge is 0.289 e. The van der Waals surface area contributed by atoms with Crippen molar-refractivity contribution in [1.82, 2.24) is 0 Å². The SMILES string of the molecule is O=C1c2ccccc2C(=O)c2cc(Sc3cccc(Sc4ccc5c(c4)C(=O)c4ccccc4C5=O)c3)ccc21. The molecule has 0 radical (unpaired) electrons. The van der Waals surface area contributed by atoms with Crippen molar-refractivity contribution < 1.29 is 19.2 Å². The zero-order chi connectivity index (χ0) is 27.4. The molecule has 0 saturated carbocycles.